The highest BCUT2D eigenvalue weighted by Gasteiger charge is 2.21. The molecule has 22 heavy (non-hydrogen) atoms. The van der Waals surface area contributed by atoms with E-state index in [1.165, 1.54) is 5.56 Å². The van der Waals surface area contributed by atoms with E-state index in [-0.39, 0.29) is 17.9 Å². The molecule has 0 aliphatic heterocycles. The van der Waals surface area contributed by atoms with Crippen LogP contribution in [-0.4, -0.2) is 38.6 Å². The quantitative estimate of drug-likeness (QED) is 0.822. The molecule has 0 bridgehead atoms. The van der Waals surface area contributed by atoms with Crippen LogP contribution in [0.15, 0.2) is 36.4 Å². The van der Waals surface area contributed by atoms with Crippen LogP contribution >= 0.6 is 0 Å². The van der Waals surface area contributed by atoms with Gasteiger partial charge in [-0.3, -0.25) is 4.79 Å². The molecule has 1 N–H and O–H groups in total. The molecule has 0 unspecified atom stereocenters. The van der Waals surface area contributed by atoms with Crippen molar-refractivity contribution >= 4 is 5.91 Å². The van der Waals surface area contributed by atoms with Crippen molar-refractivity contribution in [3.05, 3.63) is 42.0 Å². The lowest BCUT2D eigenvalue weighted by atomic mass is 9.93. The maximum absolute atomic E-state index is 12.3. The number of allylic oxidation sites excluding steroid dienone is 2. The molecule has 120 valence electrons. The number of nitrogens with zero attached hydrogens (tertiary/aromatic N) is 1. The number of benzene rings is 1. The van der Waals surface area contributed by atoms with Crippen molar-refractivity contribution in [3.63, 3.8) is 0 Å². The average Bonchev–Trinajstić information content (AvgIpc) is 2.56. The van der Waals surface area contributed by atoms with Gasteiger partial charge in [0.2, 0.25) is 5.91 Å². The summed E-state index contributed by atoms with van der Waals surface area (Å²) >= 11 is 0. The van der Waals surface area contributed by atoms with E-state index in [4.69, 9.17) is 4.74 Å². The number of methoxy groups -OCH3 is 1. The molecule has 1 amide bonds. The third-order valence-electron chi connectivity index (χ3n) is 4.23. The maximum Gasteiger partial charge on any atom is 0.223 e. The summed E-state index contributed by atoms with van der Waals surface area (Å²) < 4.78 is 5.20. The first-order valence-corrected chi connectivity index (χ1v) is 7.85. The topological polar surface area (TPSA) is 41.6 Å². The van der Waals surface area contributed by atoms with Crippen LogP contribution in [0.4, 0.5) is 0 Å². The minimum absolute atomic E-state index is 0.128. The first kappa shape index (κ1) is 16.6. The molecule has 2 rings (SSSR count). The van der Waals surface area contributed by atoms with Crippen LogP contribution in [-0.2, 0) is 4.79 Å². The summed E-state index contributed by atoms with van der Waals surface area (Å²) in [5.74, 6) is 1.15. The van der Waals surface area contributed by atoms with Gasteiger partial charge in [-0.05, 0) is 51.1 Å². The fraction of sp³-hybridized carbons (Fsp3) is 0.500. The van der Waals surface area contributed by atoms with E-state index in [0.29, 0.717) is 6.54 Å². The predicted molar refractivity (Wildman–Crippen MR) is 88.9 cm³/mol. The van der Waals surface area contributed by atoms with Crippen LogP contribution in [0.2, 0.25) is 0 Å². The number of likely N-dealkylation sites (N-methyl/N-ethyl adjacent to an activating group) is 1. The molecule has 1 aromatic carbocycles. The molecule has 0 saturated carbocycles. The largest absolute Gasteiger partial charge is 0.497 e. The summed E-state index contributed by atoms with van der Waals surface area (Å²) in [5.41, 5.74) is 1.18. The van der Waals surface area contributed by atoms with Crippen molar-refractivity contribution in [2.45, 2.75) is 25.3 Å². The molecule has 0 heterocycles. The summed E-state index contributed by atoms with van der Waals surface area (Å²) in [6, 6.07) is 8.19. The van der Waals surface area contributed by atoms with Gasteiger partial charge in [-0.25, -0.2) is 0 Å². The van der Waals surface area contributed by atoms with Crippen LogP contribution in [0.1, 0.15) is 30.9 Å². The summed E-state index contributed by atoms with van der Waals surface area (Å²) in [4.78, 5) is 14.4. The smallest absolute Gasteiger partial charge is 0.223 e. The van der Waals surface area contributed by atoms with Crippen LogP contribution < -0.4 is 10.1 Å². The van der Waals surface area contributed by atoms with Gasteiger partial charge in [-0.1, -0.05) is 24.3 Å². The van der Waals surface area contributed by atoms with Gasteiger partial charge in [0.25, 0.3) is 0 Å². The molecule has 0 saturated heterocycles. The molecule has 4 heteroatoms. The monoisotopic (exact) mass is 302 g/mol. The van der Waals surface area contributed by atoms with Gasteiger partial charge in [0, 0.05) is 12.5 Å². The number of ether oxygens (including phenoxy) is 1. The molecular weight excluding hydrogens is 276 g/mol. The van der Waals surface area contributed by atoms with E-state index in [0.717, 1.165) is 25.0 Å². The molecule has 1 aliphatic rings. The Kier molecular flexibility index (Phi) is 6.01. The Labute approximate surface area is 133 Å². The standard InChI is InChI=1S/C18H26N2O2/c1-20(2)17(14-9-11-16(22-3)12-10-14)13-19-18(21)15-7-5-4-6-8-15/h4-5,9-12,15,17H,6-8,13H2,1-3H3,(H,19,21)/t15-,17-/m1/s1. The van der Waals surface area contributed by atoms with Crippen molar-refractivity contribution in [1.29, 1.82) is 0 Å². The average molecular weight is 302 g/mol. The summed E-state index contributed by atoms with van der Waals surface area (Å²) in [6.07, 6.45) is 7.09. The molecule has 4 nitrogen and oxygen atoms in total. The lowest BCUT2D eigenvalue weighted by molar-refractivity contribution is -0.125. The highest BCUT2D eigenvalue weighted by Crippen LogP contribution is 2.22. The summed E-state index contributed by atoms with van der Waals surface area (Å²) in [5, 5.41) is 3.12. The normalized spacial score (nSPS) is 19.0. The van der Waals surface area contributed by atoms with Crippen LogP contribution in [0.3, 0.4) is 0 Å². The Morgan fingerprint density at radius 3 is 2.59 bits per heavy atom. The van der Waals surface area contributed by atoms with Crippen molar-refractivity contribution in [2.24, 2.45) is 5.92 Å². The Morgan fingerprint density at radius 2 is 2.05 bits per heavy atom. The van der Waals surface area contributed by atoms with Gasteiger partial charge in [-0.15, -0.1) is 0 Å². The molecule has 1 aliphatic carbocycles. The van der Waals surface area contributed by atoms with E-state index >= 15 is 0 Å². The Morgan fingerprint density at radius 1 is 1.32 bits per heavy atom. The lowest BCUT2D eigenvalue weighted by Crippen LogP contribution is -2.38. The Bertz CT molecular complexity index is 508. The van der Waals surface area contributed by atoms with Crippen molar-refractivity contribution < 1.29 is 9.53 Å². The number of hydrogen-bond donors (Lipinski definition) is 1. The molecule has 0 radical (unpaired) electrons. The van der Waals surface area contributed by atoms with Gasteiger partial charge in [0.15, 0.2) is 0 Å². The fourth-order valence-electron chi connectivity index (χ4n) is 2.80. The first-order chi connectivity index (χ1) is 10.6. The van der Waals surface area contributed by atoms with Gasteiger partial charge in [0.05, 0.1) is 13.2 Å². The summed E-state index contributed by atoms with van der Waals surface area (Å²) in [7, 11) is 5.73. The lowest BCUT2D eigenvalue weighted by Gasteiger charge is -2.26. The zero-order valence-corrected chi connectivity index (χ0v) is 13.7. The summed E-state index contributed by atoms with van der Waals surface area (Å²) in [6.45, 7) is 0.623. The third kappa shape index (κ3) is 4.34. The molecule has 1 aromatic rings. The Hall–Kier alpha value is -1.81. The zero-order chi connectivity index (χ0) is 15.9. The SMILES string of the molecule is COc1ccc([C@@H](CNC(=O)[C@@H]2CC=CCC2)N(C)C)cc1. The van der Waals surface area contributed by atoms with Crippen LogP contribution in [0, 0.1) is 5.92 Å². The second kappa shape index (κ2) is 7.99. The minimum atomic E-state index is 0.128. The van der Waals surface area contributed by atoms with Crippen molar-refractivity contribution in [1.82, 2.24) is 10.2 Å². The molecule has 0 spiro atoms. The van der Waals surface area contributed by atoms with E-state index in [2.05, 4.69) is 34.5 Å². The number of amides is 1. The van der Waals surface area contributed by atoms with Crippen LogP contribution in [0.5, 0.6) is 5.75 Å². The number of carbonyl (C=O) groups is 1. The third-order valence-corrected chi connectivity index (χ3v) is 4.23. The van der Waals surface area contributed by atoms with E-state index < -0.39 is 0 Å². The fourth-order valence-corrected chi connectivity index (χ4v) is 2.80. The second-order valence-electron chi connectivity index (χ2n) is 5.98. The van der Waals surface area contributed by atoms with Gasteiger partial charge in [-0.2, -0.15) is 0 Å². The molecule has 0 fully saturated rings. The van der Waals surface area contributed by atoms with E-state index in [1.807, 2.05) is 26.2 Å². The maximum atomic E-state index is 12.3. The number of carbonyl (C=O) groups excluding carboxylic acids is 1. The first-order valence-electron chi connectivity index (χ1n) is 7.85. The Balaban J connectivity index is 1.96. The van der Waals surface area contributed by atoms with E-state index in [9.17, 15) is 4.79 Å². The number of hydrogen-bond acceptors (Lipinski definition) is 3. The van der Waals surface area contributed by atoms with Crippen LogP contribution in [0.25, 0.3) is 0 Å². The predicted octanol–water partition coefficient (Wildman–Crippen LogP) is 2.77. The van der Waals surface area contributed by atoms with Gasteiger partial charge >= 0.3 is 0 Å². The molecule has 0 aromatic heterocycles. The van der Waals surface area contributed by atoms with Crippen molar-refractivity contribution in [2.75, 3.05) is 27.7 Å². The second-order valence-corrected chi connectivity index (χ2v) is 5.98. The molecule has 2 atom stereocenters. The highest BCUT2D eigenvalue weighted by atomic mass is 16.5. The van der Waals surface area contributed by atoms with Crippen molar-refractivity contribution in [3.8, 4) is 5.75 Å². The van der Waals surface area contributed by atoms with E-state index in [1.54, 1.807) is 7.11 Å². The number of rotatable bonds is 6. The number of nitrogens with one attached hydrogen (secondary N) is 1. The zero-order valence-electron chi connectivity index (χ0n) is 13.7. The van der Waals surface area contributed by atoms with Gasteiger partial charge in [0.1, 0.15) is 5.75 Å². The minimum Gasteiger partial charge on any atom is -0.497 e. The van der Waals surface area contributed by atoms with Gasteiger partial charge < -0.3 is 15.0 Å². The molecular formula is C18H26N2O2. The highest BCUT2D eigenvalue weighted by molar-refractivity contribution is 5.79.